The summed E-state index contributed by atoms with van der Waals surface area (Å²) in [7, 11) is 0. The molecule has 104 valence electrons. The highest BCUT2D eigenvalue weighted by molar-refractivity contribution is 6.42. The summed E-state index contributed by atoms with van der Waals surface area (Å²) >= 11 is 11.8. The topological polar surface area (TPSA) is 52.6 Å². The predicted octanol–water partition coefficient (Wildman–Crippen LogP) is 2.48. The second kappa shape index (κ2) is 5.99. The van der Waals surface area contributed by atoms with Crippen LogP contribution in [-0.4, -0.2) is 41.8 Å². The maximum atomic E-state index is 11.7. The van der Waals surface area contributed by atoms with Crippen molar-refractivity contribution in [2.75, 3.05) is 19.6 Å². The molecule has 0 aliphatic carbocycles. The average molecular weight is 303 g/mol. The van der Waals surface area contributed by atoms with Gasteiger partial charge in [-0.3, -0.25) is 0 Å². The van der Waals surface area contributed by atoms with E-state index in [1.165, 1.54) is 0 Å². The molecule has 2 N–H and O–H groups in total. The molecule has 1 heterocycles. The quantitative estimate of drug-likeness (QED) is 0.901. The lowest BCUT2D eigenvalue weighted by Gasteiger charge is -2.39. The molecule has 0 saturated carbocycles. The Kier molecular flexibility index (Phi) is 4.55. The second-order valence-corrected chi connectivity index (χ2v) is 5.62. The van der Waals surface area contributed by atoms with Crippen LogP contribution in [-0.2, 0) is 0 Å². The van der Waals surface area contributed by atoms with Crippen molar-refractivity contribution in [3.05, 3.63) is 33.8 Å². The molecule has 1 aromatic rings. The van der Waals surface area contributed by atoms with Gasteiger partial charge in [0.1, 0.15) is 0 Å². The minimum Gasteiger partial charge on any atom is -0.392 e. The first-order valence-corrected chi connectivity index (χ1v) is 6.88. The van der Waals surface area contributed by atoms with Gasteiger partial charge in [0.25, 0.3) is 0 Å². The Bertz CT molecular complexity index is 474. The van der Waals surface area contributed by atoms with E-state index in [2.05, 4.69) is 5.32 Å². The molecule has 0 aromatic heterocycles. The molecule has 6 heteroatoms. The first kappa shape index (κ1) is 14.4. The fraction of sp³-hybridized carbons (Fsp3) is 0.462. The lowest BCUT2D eigenvalue weighted by molar-refractivity contribution is 0.141. The molecule has 19 heavy (non-hydrogen) atoms. The van der Waals surface area contributed by atoms with Gasteiger partial charge in [0.2, 0.25) is 0 Å². The highest BCUT2D eigenvalue weighted by atomic mass is 35.5. The number of aliphatic hydroxyl groups excluding tert-OH is 1. The molecular formula is C13H16Cl2N2O2. The van der Waals surface area contributed by atoms with Gasteiger partial charge in [0.15, 0.2) is 0 Å². The molecule has 4 nitrogen and oxygen atoms in total. The third-order valence-electron chi connectivity index (χ3n) is 3.13. The van der Waals surface area contributed by atoms with Crippen LogP contribution < -0.4 is 5.32 Å². The maximum Gasteiger partial charge on any atom is 0.317 e. The summed E-state index contributed by atoms with van der Waals surface area (Å²) in [5.74, 6) is 0.298. The minimum absolute atomic E-state index is 0.141. The monoisotopic (exact) mass is 302 g/mol. The molecule has 1 saturated heterocycles. The molecule has 1 aliphatic heterocycles. The van der Waals surface area contributed by atoms with E-state index in [1.54, 1.807) is 17.9 Å². The summed E-state index contributed by atoms with van der Waals surface area (Å²) in [6.07, 6.45) is -0.531. The predicted molar refractivity (Wildman–Crippen MR) is 75.9 cm³/mol. The van der Waals surface area contributed by atoms with E-state index in [9.17, 15) is 4.79 Å². The molecule has 1 atom stereocenters. The first-order valence-electron chi connectivity index (χ1n) is 6.13. The molecule has 1 aliphatic rings. The van der Waals surface area contributed by atoms with Crippen molar-refractivity contribution >= 4 is 29.2 Å². The van der Waals surface area contributed by atoms with Gasteiger partial charge in [0, 0.05) is 25.6 Å². The van der Waals surface area contributed by atoms with Crippen LogP contribution in [0.1, 0.15) is 18.4 Å². The van der Waals surface area contributed by atoms with Crippen molar-refractivity contribution in [2.45, 2.75) is 18.9 Å². The van der Waals surface area contributed by atoms with Gasteiger partial charge in [-0.2, -0.15) is 0 Å². The summed E-state index contributed by atoms with van der Waals surface area (Å²) in [4.78, 5) is 13.4. The Hall–Kier alpha value is -0.970. The van der Waals surface area contributed by atoms with Gasteiger partial charge >= 0.3 is 6.03 Å². The third kappa shape index (κ3) is 3.53. The van der Waals surface area contributed by atoms with Crippen LogP contribution in [0.5, 0.6) is 0 Å². The van der Waals surface area contributed by atoms with Crippen LogP contribution >= 0.6 is 23.2 Å². The van der Waals surface area contributed by atoms with Gasteiger partial charge in [-0.15, -0.1) is 0 Å². The van der Waals surface area contributed by atoms with Crippen LogP contribution in [0.15, 0.2) is 18.2 Å². The van der Waals surface area contributed by atoms with E-state index in [0.717, 1.165) is 5.56 Å². The molecule has 0 bridgehead atoms. The number of aliphatic hydroxyl groups is 1. The number of carbonyl (C=O) groups excluding carboxylic acids is 1. The van der Waals surface area contributed by atoms with Crippen LogP contribution in [0, 0.1) is 0 Å². The van der Waals surface area contributed by atoms with Gasteiger partial charge in [0.05, 0.1) is 16.1 Å². The van der Waals surface area contributed by atoms with Gasteiger partial charge in [-0.25, -0.2) is 4.79 Å². The van der Waals surface area contributed by atoms with Gasteiger partial charge < -0.3 is 15.3 Å². The average Bonchev–Trinajstić information content (AvgIpc) is 2.29. The number of benzene rings is 1. The number of halogens is 2. The van der Waals surface area contributed by atoms with Crippen molar-refractivity contribution in [3.8, 4) is 0 Å². The SMILES string of the molecule is C[C@H](O)CNC(=O)N1CC(c2ccc(Cl)c(Cl)c2)C1. The van der Waals surface area contributed by atoms with Gasteiger partial charge in [-0.1, -0.05) is 29.3 Å². The largest absolute Gasteiger partial charge is 0.392 e. The summed E-state index contributed by atoms with van der Waals surface area (Å²) in [5.41, 5.74) is 1.09. The van der Waals surface area contributed by atoms with E-state index >= 15 is 0 Å². The number of carbonyl (C=O) groups is 1. The third-order valence-corrected chi connectivity index (χ3v) is 3.87. The summed E-state index contributed by atoms with van der Waals surface area (Å²) in [6.45, 7) is 3.22. The number of nitrogens with one attached hydrogen (secondary N) is 1. The van der Waals surface area contributed by atoms with Crippen molar-refractivity contribution in [3.63, 3.8) is 0 Å². The van der Waals surface area contributed by atoms with Crippen molar-refractivity contribution in [2.24, 2.45) is 0 Å². The van der Waals surface area contributed by atoms with Crippen LogP contribution in [0.4, 0.5) is 4.79 Å². The Morgan fingerprint density at radius 2 is 2.16 bits per heavy atom. The van der Waals surface area contributed by atoms with Crippen molar-refractivity contribution in [1.29, 1.82) is 0 Å². The van der Waals surface area contributed by atoms with E-state index < -0.39 is 6.10 Å². The summed E-state index contributed by atoms with van der Waals surface area (Å²) in [5, 5.41) is 12.8. The maximum absolute atomic E-state index is 11.7. The number of hydrogen-bond acceptors (Lipinski definition) is 2. The normalized spacial score (nSPS) is 16.9. The van der Waals surface area contributed by atoms with Crippen molar-refractivity contribution < 1.29 is 9.90 Å². The Morgan fingerprint density at radius 1 is 1.47 bits per heavy atom. The van der Waals surface area contributed by atoms with Crippen LogP contribution in [0.2, 0.25) is 10.0 Å². The van der Waals surface area contributed by atoms with E-state index in [1.807, 2.05) is 12.1 Å². The number of hydrogen-bond donors (Lipinski definition) is 2. The molecular weight excluding hydrogens is 287 g/mol. The fourth-order valence-electron chi connectivity index (χ4n) is 1.97. The fourth-order valence-corrected chi connectivity index (χ4v) is 2.27. The Balaban J connectivity index is 1.85. The smallest absolute Gasteiger partial charge is 0.317 e. The molecule has 0 unspecified atom stereocenters. The van der Waals surface area contributed by atoms with Gasteiger partial charge in [-0.05, 0) is 24.6 Å². The number of nitrogens with zero attached hydrogens (tertiary/aromatic N) is 1. The Morgan fingerprint density at radius 3 is 2.74 bits per heavy atom. The van der Waals surface area contributed by atoms with Crippen LogP contribution in [0.25, 0.3) is 0 Å². The van der Waals surface area contributed by atoms with E-state index in [4.69, 9.17) is 28.3 Å². The molecule has 1 fully saturated rings. The highest BCUT2D eigenvalue weighted by Gasteiger charge is 2.31. The van der Waals surface area contributed by atoms with E-state index in [0.29, 0.717) is 29.1 Å². The summed E-state index contributed by atoms with van der Waals surface area (Å²) in [6, 6.07) is 5.41. The van der Waals surface area contributed by atoms with Crippen LogP contribution in [0.3, 0.4) is 0 Å². The molecule has 1 aromatic carbocycles. The molecule has 2 amide bonds. The molecule has 2 rings (SSSR count). The lowest BCUT2D eigenvalue weighted by Crippen LogP contribution is -2.53. The van der Waals surface area contributed by atoms with Crippen molar-refractivity contribution in [1.82, 2.24) is 10.2 Å². The zero-order valence-electron chi connectivity index (χ0n) is 10.6. The Labute approximate surface area is 122 Å². The standard InChI is InChI=1S/C13H16Cl2N2O2/c1-8(18)5-16-13(19)17-6-10(7-17)9-2-3-11(14)12(15)4-9/h2-4,8,10,18H,5-7H2,1H3,(H,16,19)/t8-/m0/s1. The number of urea groups is 1. The number of likely N-dealkylation sites (tertiary alicyclic amines) is 1. The first-order chi connectivity index (χ1) is 8.97. The molecule has 0 spiro atoms. The van der Waals surface area contributed by atoms with E-state index in [-0.39, 0.29) is 12.6 Å². The zero-order valence-corrected chi connectivity index (χ0v) is 12.1. The minimum atomic E-state index is -0.531. The summed E-state index contributed by atoms with van der Waals surface area (Å²) < 4.78 is 0. The lowest BCUT2D eigenvalue weighted by atomic mass is 9.92. The number of rotatable bonds is 3. The second-order valence-electron chi connectivity index (χ2n) is 4.81. The number of amides is 2. The molecule has 0 radical (unpaired) electrons. The highest BCUT2D eigenvalue weighted by Crippen LogP contribution is 2.31. The zero-order chi connectivity index (χ0) is 14.0.